The van der Waals surface area contributed by atoms with Crippen LogP contribution in [0.4, 0.5) is 0 Å². The number of aromatic nitrogens is 2. The van der Waals surface area contributed by atoms with Crippen molar-refractivity contribution in [3.8, 4) is 0 Å². The van der Waals surface area contributed by atoms with Gasteiger partial charge < -0.3 is 5.11 Å². The molecule has 2 rings (SSSR count). The number of hydrogen-bond donors (Lipinski definition) is 1. The number of hydrogen-bond acceptors (Lipinski definition) is 5. The Bertz CT molecular complexity index is 465. The summed E-state index contributed by atoms with van der Waals surface area (Å²) in [5.74, 6) is 0.112. The van der Waals surface area contributed by atoms with Gasteiger partial charge in [0.1, 0.15) is 11.9 Å². The molecule has 2 heterocycles. The fraction of sp³-hybridized carbons (Fsp3) is 0.615. The number of thioether (sulfide) groups is 1. The Labute approximate surface area is 117 Å². The molecule has 1 saturated heterocycles. The van der Waals surface area contributed by atoms with Gasteiger partial charge in [-0.25, -0.2) is 14.8 Å². The van der Waals surface area contributed by atoms with Crippen LogP contribution >= 0.6 is 11.8 Å². The lowest BCUT2D eigenvalue weighted by Crippen LogP contribution is -2.28. The fourth-order valence-electron chi connectivity index (χ4n) is 2.09. The molecule has 1 aromatic heterocycles. The summed E-state index contributed by atoms with van der Waals surface area (Å²) in [6, 6.07) is 0. The summed E-state index contributed by atoms with van der Waals surface area (Å²) in [6.45, 7) is 7.05. The molecule has 0 unspecified atom stereocenters. The first-order valence-corrected chi connectivity index (χ1v) is 7.35. The maximum atomic E-state index is 11.1. The monoisotopic (exact) mass is 281 g/mol. The standard InChI is InChI=1S/C13H19N3O2S/c1-13(2)3-4-16(5-6-19-13)8-11-10(12(17)18)7-14-9-15-11/h7,9H,3-6,8H2,1-2H3,(H,17,18). The minimum Gasteiger partial charge on any atom is -0.478 e. The van der Waals surface area contributed by atoms with Crippen molar-refractivity contribution in [1.82, 2.24) is 14.9 Å². The van der Waals surface area contributed by atoms with Gasteiger partial charge in [0.05, 0.1) is 5.69 Å². The maximum absolute atomic E-state index is 11.1. The second-order valence-corrected chi connectivity index (χ2v) is 7.12. The number of rotatable bonds is 3. The molecule has 0 radical (unpaired) electrons. The van der Waals surface area contributed by atoms with E-state index in [9.17, 15) is 4.79 Å². The van der Waals surface area contributed by atoms with Crippen LogP contribution in [-0.2, 0) is 6.54 Å². The quantitative estimate of drug-likeness (QED) is 0.912. The summed E-state index contributed by atoms with van der Waals surface area (Å²) < 4.78 is 0.302. The third-order valence-corrected chi connectivity index (χ3v) is 4.70. The second kappa shape index (κ2) is 5.88. The van der Waals surface area contributed by atoms with Crippen LogP contribution in [0, 0.1) is 0 Å². The van der Waals surface area contributed by atoms with Gasteiger partial charge in [-0.1, -0.05) is 13.8 Å². The van der Waals surface area contributed by atoms with E-state index in [4.69, 9.17) is 5.11 Å². The molecule has 0 atom stereocenters. The summed E-state index contributed by atoms with van der Waals surface area (Å²) >= 11 is 1.98. The average molecular weight is 281 g/mol. The molecule has 6 heteroatoms. The molecule has 0 aromatic carbocycles. The molecule has 0 amide bonds. The summed E-state index contributed by atoms with van der Waals surface area (Å²) in [7, 11) is 0. The van der Waals surface area contributed by atoms with Gasteiger partial charge in [0, 0.05) is 29.8 Å². The third kappa shape index (κ3) is 3.91. The molecular formula is C13H19N3O2S. The molecule has 1 aromatic rings. The molecule has 1 aliphatic rings. The molecule has 1 aliphatic heterocycles. The zero-order valence-corrected chi connectivity index (χ0v) is 12.1. The first kappa shape index (κ1) is 14.3. The number of nitrogens with zero attached hydrogens (tertiary/aromatic N) is 3. The molecule has 19 heavy (non-hydrogen) atoms. The number of carboxylic acid groups (broad SMARTS) is 1. The fourth-order valence-corrected chi connectivity index (χ4v) is 3.23. The van der Waals surface area contributed by atoms with Crippen molar-refractivity contribution in [2.45, 2.75) is 31.6 Å². The molecule has 104 valence electrons. The topological polar surface area (TPSA) is 66.3 Å². The first-order chi connectivity index (χ1) is 8.98. The highest BCUT2D eigenvalue weighted by atomic mass is 32.2. The van der Waals surface area contributed by atoms with E-state index >= 15 is 0 Å². The van der Waals surface area contributed by atoms with E-state index in [0.717, 1.165) is 25.3 Å². The van der Waals surface area contributed by atoms with Crippen molar-refractivity contribution in [2.75, 3.05) is 18.8 Å². The maximum Gasteiger partial charge on any atom is 0.339 e. The Hall–Kier alpha value is -1.14. The van der Waals surface area contributed by atoms with E-state index in [-0.39, 0.29) is 5.56 Å². The van der Waals surface area contributed by atoms with Crippen LogP contribution in [0.5, 0.6) is 0 Å². The Kier molecular flexibility index (Phi) is 4.42. The Morgan fingerprint density at radius 1 is 1.53 bits per heavy atom. The van der Waals surface area contributed by atoms with Crippen molar-refractivity contribution in [3.05, 3.63) is 23.8 Å². The Balaban J connectivity index is 2.07. The normalized spacial score (nSPS) is 19.9. The molecule has 0 aliphatic carbocycles. The predicted octanol–water partition coefficient (Wildman–Crippen LogP) is 1.89. The van der Waals surface area contributed by atoms with Crippen LogP contribution in [0.1, 0.15) is 36.3 Å². The molecule has 0 saturated carbocycles. The highest BCUT2D eigenvalue weighted by Crippen LogP contribution is 2.31. The van der Waals surface area contributed by atoms with Crippen LogP contribution < -0.4 is 0 Å². The van der Waals surface area contributed by atoms with E-state index in [0.29, 0.717) is 17.0 Å². The highest BCUT2D eigenvalue weighted by molar-refractivity contribution is 8.00. The smallest absolute Gasteiger partial charge is 0.339 e. The minimum atomic E-state index is -0.958. The van der Waals surface area contributed by atoms with E-state index in [2.05, 4.69) is 28.7 Å². The zero-order valence-electron chi connectivity index (χ0n) is 11.3. The van der Waals surface area contributed by atoms with Gasteiger partial charge in [-0.05, 0) is 13.0 Å². The molecule has 1 fully saturated rings. The van der Waals surface area contributed by atoms with Crippen LogP contribution in [-0.4, -0.2) is 49.5 Å². The Morgan fingerprint density at radius 3 is 3.05 bits per heavy atom. The van der Waals surface area contributed by atoms with Crippen molar-refractivity contribution in [2.24, 2.45) is 0 Å². The third-order valence-electron chi connectivity index (χ3n) is 3.33. The summed E-state index contributed by atoms with van der Waals surface area (Å²) in [5.41, 5.74) is 0.811. The van der Waals surface area contributed by atoms with Gasteiger partial charge in [0.25, 0.3) is 0 Å². The number of aromatic carboxylic acids is 1. The SMILES string of the molecule is CC1(C)CCN(Cc2ncncc2C(=O)O)CCS1. The predicted molar refractivity (Wildman–Crippen MR) is 75.4 cm³/mol. The Morgan fingerprint density at radius 2 is 2.32 bits per heavy atom. The van der Waals surface area contributed by atoms with Crippen molar-refractivity contribution in [1.29, 1.82) is 0 Å². The zero-order chi connectivity index (χ0) is 13.9. The largest absolute Gasteiger partial charge is 0.478 e. The lowest BCUT2D eigenvalue weighted by atomic mass is 10.1. The lowest BCUT2D eigenvalue weighted by Gasteiger charge is -2.22. The summed E-state index contributed by atoms with van der Waals surface area (Å²) in [5, 5.41) is 9.13. The number of carbonyl (C=O) groups is 1. The molecular weight excluding hydrogens is 262 g/mol. The van der Waals surface area contributed by atoms with Crippen LogP contribution in [0.2, 0.25) is 0 Å². The average Bonchev–Trinajstić information content (AvgIpc) is 2.51. The van der Waals surface area contributed by atoms with Crippen LogP contribution in [0.3, 0.4) is 0 Å². The van der Waals surface area contributed by atoms with Crippen LogP contribution in [0.25, 0.3) is 0 Å². The van der Waals surface area contributed by atoms with E-state index in [1.807, 2.05) is 11.8 Å². The molecule has 1 N–H and O–H groups in total. The second-order valence-electron chi connectivity index (χ2n) is 5.32. The lowest BCUT2D eigenvalue weighted by molar-refractivity contribution is 0.0693. The van der Waals surface area contributed by atoms with Gasteiger partial charge in [0.2, 0.25) is 0 Å². The number of carboxylic acids is 1. The molecule has 0 bridgehead atoms. The summed E-state index contributed by atoms with van der Waals surface area (Å²) in [6.07, 6.45) is 3.89. The van der Waals surface area contributed by atoms with Gasteiger partial charge in [-0.15, -0.1) is 0 Å². The van der Waals surface area contributed by atoms with Crippen LogP contribution in [0.15, 0.2) is 12.5 Å². The van der Waals surface area contributed by atoms with E-state index in [1.54, 1.807) is 0 Å². The first-order valence-electron chi connectivity index (χ1n) is 6.36. The van der Waals surface area contributed by atoms with E-state index in [1.165, 1.54) is 12.5 Å². The van der Waals surface area contributed by atoms with E-state index < -0.39 is 5.97 Å². The van der Waals surface area contributed by atoms with Gasteiger partial charge in [0.15, 0.2) is 0 Å². The van der Waals surface area contributed by atoms with Gasteiger partial charge >= 0.3 is 5.97 Å². The van der Waals surface area contributed by atoms with Crippen molar-refractivity contribution >= 4 is 17.7 Å². The molecule has 0 spiro atoms. The van der Waals surface area contributed by atoms with Gasteiger partial charge in [-0.3, -0.25) is 4.90 Å². The van der Waals surface area contributed by atoms with Gasteiger partial charge in [-0.2, -0.15) is 11.8 Å². The minimum absolute atomic E-state index is 0.207. The van der Waals surface area contributed by atoms with Crippen molar-refractivity contribution in [3.63, 3.8) is 0 Å². The highest BCUT2D eigenvalue weighted by Gasteiger charge is 2.24. The molecule has 5 nitrogen and oxygen atoms in total. The van der Waals surface area contributed by atoms with Crippen molar-refractivity contribution < 1.29 is 9.90 Å². The summed E-state index contributed by atoms with van der Waals surface area (Å²) in [4.78, 5) is 21.3.